The predicted molar refractivity (Wildman–Crippen MR) is 112 cm³/mol. The summed E-state index contributed by atoms with van der Waals surface area (Å²) in [7, 11) is 5.47. The molecule has 1 saturated heterocycles. The monoisotopic (exact) mass is 414 g/mol. The first-order valence-corrected chi connectivity index (χ1v) is 10.5. The van der Waals surface area contributed by atoms with E-state index in [-0.39, 0.29) is 6.04 Å². The molecule has 8 nitrogen and oxygen atoms in total. The van der Waals surface area contributed by atoms with Crippen molar-refractivity contribution in [3.8, 4) is 11.5 Å². The number of nitrogens with zero attached hydrogens (tertiary/aromatic N) is 6. The third kappa shape index (κ3) is 4.26. The summed E-state index contributed by atoms with van der Waals surface area (Å²) in [5, 5.41) is 14.8. The summed E-state index contributed by atoms with van der Waals surface area (Å²) in [6.07, 6.45) is 0. The highest BCUT2D eigenvalue weighted by atomic mass is 32.1. The van der Waals surface area contributed by atoms with E-state index in [4.69, 9.17) is 9.47 Å². The number of methoxy groups -OCH3 is 2. The molecule has 0 radical (unpaired) electrons. The largest absolute Gasteiger partial charge is 0.493 e. The molecule has 1 aliphatic heterocycles. The second-order valence-electron chi connectivity index (χ2n) is 7.13. The first-order chi connectivity index (χ1) is 14.2. The van der Waals surface area contributed by atoms with Gasteiger partial charge in [0.1, 0.15) is 0 Å². The molecule has 2 aromatic heterocycles. The van der Waals surface area contributed by atoms with Gasteiger partial charge in [-0.2, -0.15) is 0 Å². The van der Waals surface area contributed by atoms with Crippen LogP contribution in [0.5, 0.6) is 11.5 Å². The third-order valence-corrected chi connectivity index (χ3v) is 6.18. The van der Waals surface area contributed by atoms with Crippen LogP contribution >= 0.6 is 11.3 Å². The summed E-state index contributed by atoms with van der Waals surface area (Å²) in [6.45, 7) is 4.58. The fourth-order valence-corrected chi connectivity index (χ4v) is 4.38. The van der Waals surface area contributed by atoms with E-state index < -0.39 is 0 Å². The van der Waals surface area contributed by atoms with Crippen LogP contribution in [0.4, 0.5) is 0 Å². The van der Waals surface area contributed by atoms with Crippen molar-refractivity contribution in [2.24, 2.45) is 0 Å². The molecule has 0 bridgehead atoms. The fraction of sp³-hybridized carbons (Fsp3) is 0.450. The number of benzene rings is 1. The smallest absolute Gasteiger partial charge is 0.173 e. The van der Waals surface area contributed by atoms with Gasteiger partial charge < -0.3 is 14.4 Å². The van der Waals surface area contributed by atoms with Crippen molar-refractivity contribution in [3.63, 3.8) is 0 Å². The molecule has 154 valence electrons. The van der Waals surface area contributed by atoms with Crippen molar-refractivity contribution in [2.45, 2.75) is 12.6 Å². The van der Waals surface area contributed by atoms with Crippen LogP contribution in [0.2, 0.25) is 0 Å². The van der Waals surface area contributed by atoms with Gasteiger partial charge >= 0.3 is 0 Å². The standard InChI is InChI=1S/C20H26N6O2S/c1-24-8-10-25(11-9-24)19(15-6-7-17(27-2)18(13-15)28-3)20-21-22-23-26(20)14-16-5-4-12-29-16/h4-7,12-13,19H,8-11,14H2,1-3H3. The Balaban J connectivity index is 1.73. The molecule has 3 aromatic rings. The van der Waals surface area contributed by atoms with Crippen LogP contribution in [-0.2, 0) is 6.54 Å². The lowest BCUT2D eigenvalue weighted by atomic mass is 10.0. The van der Waals surface area contributed by atoms with Crippen molar-refractivity contribution >= 4 is 11.3 Å². The Hall–Kier alpha value is -2.49. The van der Waals surface area contributed by atoms with E-state index in [1.54, 1.807) is 25.6 Å². The van der Waals surface area contributed by atoms with E-state index >= 15 is 0 Å². The van der Waals surface area contributed by atoms with Gasteiger partial charge in [-0.1, -0.05) is 12.1 Å². The minimum atomic E-state index is -0.0570. The second kappa shape index (κ2) is 8.89. The maximum absolute atomic E-state index is 5.56. The number of tetrazole rings is 1. The van der Waals surface area contributed by atoms with Crippen molar-refractivity contribution in [2.75, 3.05) is 47.4 Å². The molecule has 0 aliphatic carbocycles. The molecule has 1 fully saturated rings. The van der Waals surface area contributed by atoms with Gasteiger partial charge in [0, 0.05) is 31.1 Å². The topological polar surface area (TPSA) is 68.5 Å². The first kappa shape index (κ1) is 19.8. The van der Waals surface area contributed by atoms with Gasteiger partial charge in [0.25, 0.3) is 0 Å². The Morgan fingerprint density at radius 3 is 2.55 bits per heavy atom. The number of thiophene rings is 1. The molecule has 1 atom stereocenters. The van der Waals surface area contributed by atoms with Crippen LogP contribution < -0.4 is 9.47 Å². The molecule has 9 heteroatoms. The van der Waals surface area contributed by atoms with Crippen LogP contribution in [0.15, 0.2) is 35.7 Å². The number of rotatable bonds is 7. The lowest BCUT2D eigenvalue weighted by Gasteiger charge is -2.37. The lowest BCUT2D eigenvalue weighted by molar-refractivity contribution is 0.121. The van der Waals surface area contributed by atoms with Crippen molar-refractivity contribution in [1.82, 2.24) is 30.0 Å². The van der Waals surface area contributed by atoms with E-state index in [1.807, 2.05) is 16.8 Å². The summed E-state index contributed by atoms with van der Waals surface area (Å²) >= 11 is 1.71. The molecule has 0 amide bonds. The maximum Gasteiger partial charge on any atom is 0.173 e. The number of hydrogen-bond donors (Lipinski definition) is 0. The Morgan fingerprint density at radius 1 is 1.07 bits per heavy atom. The fourth-order valence-electron chi connectivity index (χ4n) is 3.70. The highest BCUT2D eigenvalue weighted by Crippen LogP contribution is 2.35. The quantitative estimate of drug-likeness (QED) is 0.587. The van der Waals surface area contributed by atoms with Gasteiger partial charge in [0.05, 0.1) is 26.8 Å². The summed E-state index contributed by atoms with van der Waals surface area (Å²) in [5.74, 6) is 2.27. The molecule has 29 heavy (non-hydrogen) atoms. The Labute approximate surface area is 174 Å². The SMILES string of the molecule is COc1ccc(C(c2nnnn2Cc2cccs2)N2CCN(C)CC2)cc1OC. The zero-order valence-corrected chi connectivity index (χ0v) is 17.8. The van der Waals surface area contributed by atoms with Gasteiger partial charge in [-0.15, -0.1) is 16.4 Å². The van der Waals surface area contributed by atoms with Crippen LogP contribution in [0.1, 0.15) is 22.3 Å². The summed E-state index contributed by atoms with van der Waals surface area (Å²) < 4.78 is 12.9. The van der Waals surface area contributed by atoms with Crippen molar-refractivity contribution < 1.29 is 9.47 Å². The minimum Gasteiger partial charge on any atom is -0.493 e. The Morgan fingerprint density at radius 2 is 1.86 bits per heavy atom. The molecule has 1 aromatic carbocycles. The molecule has 3 heterocycles. The predicted octanol–water partition coefficient (Wildman–Crippen LogP) is 2.14. The van der Waals surface area contributed by atoms with Gasteiger partial charge in [0.15, 0.2) is 17.3 Å². The first-order valence-electron chi connectivity index (χ1n) is 9.62. The zero-order chi connectivity index (χ0) is 20.2. The van der Waals surface area contributed by atoms with E-state index in [2.05, 4.69) is 56.0 Å². The molecule has 1 aliphatic rings. The van der Waals surface area contributed by atoms with Crippen LogP contribution in [-0.4, -0.2) is 77.5 Å². The van der Waals surface area contributed by atoms with Crippen molar-refractivity contribution in [1.29, 1.82) is 0 Å². The third-order valence-electron chi connectivity index (χ3n) is 5.32. The number of likely N-dealkylation sites (N-methyl/N-ethyl adjacent to an activating group) is 1. The Kier molecular flexibility index (Phi) is 6.08. The number of aromatic nitrogens is 4. The molecule has 4 rings (SSSR count). The van der Waals surface area contributed by atoms with Gasteiger partial charge in [-0.3, -0.25) is 4.90 Å². The minimum absolute atomic E-state index is 0.0570. The van der Waals surface area contributed by atoms with Gasteiger partial charge in [-0.05, 0) is 46.6 Å². The Bertz CT molecular complexity index is 921. The normalized spacial score (nSPS) is 16.7. The average Bonchev–Trinajstić information content (AvgIpc) is 3.42. The highest BCUT2D eigenvalue weighted by molar-refractivity contribution is 7.09. The molecular weight excluding hydrogens is 388 g/mol. The van der Waals surface area contributed by atoms with Crippen molar-refractivity contribution in [3.05, 3.63) is 52.0 Å². The van der Waals surface area contributed by atoms with E-state index in [0.717, 1.165) is 37.6 Å². The van der Waals surface area contributed by atoms with Crippen LogP contribution in [0.3, 0.4) is 0 Å². The molecular formula is C20H26N6O2S. The molecule has 0 spiro atoms. The number of piperazine rings is 1. The van der Waals surface area contributed by atoms with E-state index in [9.17, 15) is 0 Å². The average molecular weight is 415 g/mol. The van der Waals surface area contributed by atoms with Gasteiger partial charge in [-0.25, -0.2) is 4.68 Å². The summed E-state index contributed by atoms with van der Waals surface area (Å²) in [5.41, 5.74) is 1.09. The van der Waals surface area contributed by atoms with Crippen LogP contribution in [0.25, 0.3) is 0 Å². The molecule has 0 N–H and O–H groups in total. The maximum atomic E-state index is 5.56. The van der Waals surface area contributed by atoms with E-state index in [1.165, 1.54) is 4.88 Å². The summed E-state index contributed by atoms with van der Waals surface area (Å²) in [6, 6.07) is 10.2. The molecule has 0 saturated carbocycles. The van der Waals surface area contributed by atoms with Gasteiger partial charge in [0.2, 0.25) is 0 Å². The van der Waals surface area contributed by atoms with E-state index in [0.29, 0.717) is 18.0 Å². The second-order valence-corrected chi connectivity index (χ2v) is 8.16. The number of hydrogen-bond acceptors (Lipinski definition) is 8. The number of ether oxygens (including phenoxy) is 2. The molecule has 1 unspecified atom stereocenters. The highest BCUT2D eigenvalue weighted by Gasteiger charge is 2.30. The summed E-state index contributed by atoms with van der Waals surface area (Å²) in [4.78, 5) is 6.01. The zero-order valence-electron chi connectivity index (χ0n) is 17.0. The lowest BCUT2D eigenvalue weighted by Crippen LogP contribution is -2.46. The van der Waals surface area contributed by atoms with Crippen LogP contribution in [0, 0.1) is 0 Å².